The largest absolute Gasteiger partial charge is 0.389 e. The molecule has 116 valence electrons. The number of benzene rings is 1. The van der Waals surface area contributed by atoms with E-state index in [1.54, 1.807) is 0 Å². The van der Waals surface area contributed by atoms with Gasteiger partial charge in [0.2, 0.25) is 15.9 Å². The summed E-state index contributed by atoms with van der Waals surface area (Å²) < 4.78 is 26.6. The number of thiocarbonyl (C=S) groups is 1. The zero-order chi connectivity index (χ0) is 16.0. The number of hydrogen-bond donors (Lipinski definition) is 3. The van der Waals surface area contributed by atoms with Gasteiger partial charge in [-0.2, -0.15) is 4.72 Å². The van der Waals surface area contributed by atoms with Crippen molar-refractivity contribution in [1.82, 2.24) is 10.0 Å². The van der Waals surface area contributed by atoms with Gasteiger partial charge in [-0.25, -0.2) is 8.42 Å². The minimum absolute atomic E-state index is 0.0534. The lowest BCUT2D eigenvalue weighted by Crippen LogP contribution is -2.44. The van der Waals surface area contributed by atoms with Crippen molar-refractivity contribution in [3.63, 3.8) is 0 Å². The predicted molar refractivity (Wildman–Crippen MR) is 85.4 cm³/mol. The van der Waals surface area contributed by atoms with Crippen LogP contribution in [0.1, 0.15) is 25.8 Å². The summed E-state index contributed by atoms with van der Waals surface area (Å²) in [6, 6.07) is 5.00. The number of nitrogens with two attached hydrogens (primary N) is 1. The summed E-state index contributed by atoms with van der Waals surface area (Å²) in [6.45, 7) is 3.91. The maximum absolute atomic E-state index is 12.1. The van der Waals surface area contributed by atoms with E-state index in [-0.39, 0.29) is 15.8 Å². The summed E-state index contributed by atoms with van der Waals surface area (Å²) in [5.41, 5.74) is 6.03. The van der Waals surface area contributed by atoms with E-state index >= 15 is 0 Å². The van der Waals surface area contributed by atoms with Crippen molar-refractivity contribution in [2.75, 3.05) is 6.54 Å². The molecule has 1 unspecified atom stereocenters. The van der Waals surface area contributed by atoms with E-state index in [0.717, 1.165) is 6.42 Å². The van der Waals surface area contributed by atoms with Crippen molar-refractivity contribution in [2.24, 2.45) is 5.73 Å². The highest BCUT2D eigenvalue weighted by molar-refractivity contribution is 7.89. The van der Waals surface area contributed by atoms with Crippen LogP contribution in [0.2, 0.25) is 0 Å². The zero-order valence-corrected chi connectivity index (χ0v) is 13.6. The van der Waals surface area contributed by atoms with Crippen LogP contribution in [0.25, 0.3) is 0 Å². The van der Waals surface area contributed by atoms with Crippen LogP contribution in [0.15, 0.2) is 29.2 Å². The van der Waals surface area contributed by atoms with Crippen LogP contribution >= 0.6 is 12.2 Å². The molecule has 21 heavy (non-hydrogen) atoms. The molecule has 0 fully saturated rings. The molecule has 6 nitrogen and oxygen atoms in total. The fourth-order valence-corrected chi connectivity index (χ4v) is 2.89. The molecule has 1 aromatic rings. The molecular formula is C13H19N3O3S2. The molecule has 8 heteroatoms. The first-order valence-electron chi connectivity index (χ1n) is 6.48. The van der Waals surface area contributed by atoms with Gasteiger partial charge in [-0.15, -0.1) is 0 Å². The third-order valence-corrected chi connectivity index (χ3v) is 4.52. The Bertz CT molecular complexity index is 612. The monoisotopic (exact) mass is 329 g/mol. The fourth-order valence-electron chi connectivity index (χ4n) is 1.55. The first-order valence-corrected chi connectivity index (χ1v) is 8.37. The molecule has 1 atom stereocenters. The second-order valence-electron chi connectivity index (χ2n) is 4.52. The quantitative estimate of drug-likeness (QED) is 0.633. The standard InChI is InChI=1S/C13H19N3O3S2/c1-3-8-15-13(17)9(2)16-21(18,19)11-6-4-10(5-7-11)12(14)20/h4-7,9,16H,3,8H2,1-2H3,(H2,14,20)(H,15,17). The first-order chi connectivity index (χ1) is 9.77. The summed E-state index contributed by atoms with van der Waals surface area (Å²) in [5, 5.41) is 2.63. The molecule has 4 N–H and O–H groups in total. The summed E-state index contributed by atoms with van der Waals surface area (Å²) in [6.07, 6.45) is 0.783. The molecule has 0 aliphatic heterocycles. The summed E-state index contributed by atoms with van der Waals surface area (Å²) >= 11 is 4.80. The molecule has 0 heterocycles. The summed E-state index contributed by atoms with van der Waals surface area (Å²) in [5.74, 6) is -0.361. The van der Waals surface area contributed by atoms with Gasteiger partial charge in [-0.05, 0) is 25.5 Å². The Morgan fingerprint density at radius 2 is 1.90 bits per heavy atom. The zero-order valence-electron chi connectivity index (χ0n) is 11.9. The van der Waals surface area contributed by atoms with E-state index in [1.165, 1.54) is 31.2 Å². The van der Waals surface area contributed by atoms with Gasteiger partial charge in [0.15, 0.2) is 0 Å². The van der Waals surface area contributed by atoms with Crippen molar-refractivity contribution in [1.29, 1.82) is 0 Å². The van der Waals surface area contributed by atoms with Gasteiger partial charge in [0.1, 0.15) is 4.99 Å². The SMILES string of the molecule is CCCNC(=O)C(C)NS(=O)(=O)c1ccc(C(N)=S)cc1. The number of sulfonamides is 1. The van der Waals surface area contributed by atoms with Crippen LogP contribution in [0.3, 0.4) is 0 Å². The molecule has 0 bridgehead atoms. The Hall–Kier alpha value is -1.51. The molecule has 1 rings (SSSR count). The van der Waals surface area contributed by atoms with Crippen molar-refractivity contribution in [3.05, 3.63) is 29.8 Å². The maximum Gasteiger partial charge on any atom is 0.241 e. The maximum atomic E-state index is 12.1. The topological polar surface area (TPSA) is 101 Å². The van der Waals surface area contributed by atoms with Crippen LogP contribution < -0.4 is 15.8 Å². The van der Waals surface area contributed by atoms with Gasteiger partial charge in [0, 0.05) is 12.1 Å². The smallest absolute Gasteiger partial charge is 0.241 e. The summed E-state index contributed by atoms with van der Waals surface area (Å²) in [4.78, 5) is 11.9. The Morgan fingerprint density at radius 1 is 1.33 bits per heavy atom. The molecule has 0 aliphatic carbocycles. The van der Waals surface area contributed by atoms with Crippen LogP contribution in [-0.2, 0) is 14.8 Å². The molecule has 0 radical (unpaired) electrons. The van der Waals surface area contributed by atoms with Gasteiger partial charge >= 0.3 is 0 Å². The number of carbonyl (C=O) groups is 1. The molecule has 0 saturated carbocycles. The third kappa shape index (κ3) is 5.07. The number of carbonyl (C=O) groups excluding carboxylic acids is 1. The molecule has 1 amide bonds. The Kier molecular flexibility index (Phi) is 6.25. The Balaban J connectivity index is 2.81. The predicted octanol–water partition coefficient (Wildman–Crippen LogP) is 0.514. The molecular weight excluding hydrogens is 310 g/mol. The fraction of sp³-hybridized carbons (Fsp3) is 0.385. The van der Waals surface area contributed by atoms with Gasteiger partial charge < -0.3 is 11.1 Å². The second kappa shape index (κ2) is 7.48. The average Bonchev–Trinajstić information content (AvgIpc) is 2.44. The summed E-state index contributed by atoms with van der Waals surface area (Å²) in [7, 11) is -3.77. The van der Waals surface area contributed by atoms with Crippen molar-refractivity contribution < 1.29 is 13.2 Å². The van der Waals surface area contributed by atoms with Crippen molar-refractivity contribution >= 4 is 33.1 Å². The van der Waals surface area contributed by atoms with E-state index in [4.69, 9.17) is 18.0 Å². The highest BCUT2D eigenvalue weighted by Crippen LogP contribution is 2.11. The van der Waals surface area contributed by atoms with E-state index < -0.39 is 16.1 Å². The lowest BCUT2D eigenvalue weighted by Gasteiger charge is -2.14. The van der Waals surface area contributed by atoms with Crippen molar-refractivity contribution in [3.8, 4) is 0 Å². The Morgan fingerprint density at radius 3 is 2.38 bits per heavy atom. The molecule has 0 aliphatic rings. The van der Waals surface area contributed by atoms with Gasteiger partial charge in [0.25, 0.3) is 0 Å². The second-order valence-corrected chi connectivity index (χ2v) is 6.68. The van der Waals surface area contributed by atoms with Crippen LogP contribution in [0.4, 0.5) is 0 Å². The van der Waals surface area contributed by atoms with E-state index in [2.05, 4.69) is 10.0 Å². The first kappa shape index (κ1) is 17.5. The lowest BCUT2D eigenvalue weighted by atomic mass is 10.2. The third-order valence-electron chi connectivity index (χ3n) is 2.72. The lowest BCUT2D eigenvalue weighted by molar-refractivity contribution is -0.122. The minimum Gasteiger partial charge on any atom is -0.389 e. The minimum atomic E-state index is -3.77. The molecule has 0 saturated heterocycles. The normalized spacial score (nSPS) is 12.7. The van der Waals surface area contributed by atoms with E-state index in [9.17, 15) is 13.2 Å². The number of nitrogens with one attached hydrogen (secondary N) is 2. The average molecular weight is 329 g/mol. The molecule has 0 spiro atoms. The Labute approximate surface area is 130 Å². The molecule has 1 aromatic carbocycles. The van der Waals surface area contributed by atoms with Gasteiger partial charge in [0.05, 0.1) is 10.9 Å². The molecule has 0 aromatic heterocycles. The van der Waals surface area contributed by atoms with Crippen LogP contribution in [0, 0.1) is 0 Å². The highest BCUT2D eigenvalue weighted by atomic mass is 32.2. The van der Waals surface area contributed by atoms with Crippen molar-refractivity contribution in [2.45, 2.75) is 31.2 Å². The van der Waals surface area contributed by atoms with Gasteiger partial charge in [-0.1, -0.05) is 31.3 Å². The van der Waals surface area contributed by atoms with Gasteiger partial charge in [-0.3, -0.25) is 4.79 Å². The number of rotatable bonds is 7. The van der Waals surface area contributed by atoms with Crippen LogP contribution in [0.5, 0.6) is 0 Å². The highest BCUT2D eigenvalue weighted by Gasteiger charge is 2.21. The van der Waals surface area contributed by atoms with E-state index in [0.29, 0.717) is 12.1 Å². The number of amides is 1. The number of hydrogen-bond acceptors (Lipinski definition) is 4. The van der Waals surface area contributed by atoms with E-state index in [1.807, 2.05) is 6.92 Å². The van der Waals surface area contributed by atoms with Crippen LogP contribution in [-0.4, -0.2) is 31.9 Å².